The molecular weight excluding hydrogens is 327 g/mol. The summed E-state index contributed by atoms with van der Waals surface area (Å²) < 4.78 is 19.5. The second-order valence-corrected chi connectivity index (χ2v) is 5.83. The minimum Gasteiger partial charge on any atom is -0.490 e. The van der Waals surface area contributed by atoms with Crippen molar-refractivity contribution in [2.75, 3.05) is 6.61 Å². The summed E-state index contributed by atoms with van der Waals surface area (Å²) in [4.78, 5) is 10.9. The Morgan fingerprint density at radius 3 is 2.80 bits per heavy atom. The van der Waals surface area contributed by atoms with Crippen LogP contribution in [0.2, 0.25) is 0 Å². The van der Waals surface area contributed by atoms with Crippen molar-refractivity contribution in [1.82, 2.24) is 0 Å². The Labute approximate surface area is 125 Å². The number of allylic oxidation sites excluding steroid dienone is 2. The minimum atomic E-state index is -1.17. The maximum Gasteiger partial charge on any atom is 0.336 e. The average molecular weight is 343 g/mol. The van der Waals surface area contributed by atoms with Gasteiger partial charge >= 0.3 is 5.97 Å². The molecule has 0 radical (unpaired) electrons. The zero-order valence-electron chi connectivity index (χ0n) is 11.1. The molecule has 0 fully saturated rings. The van der Waals surface area contributed by atoms with Gasteiger partial charge in [-0.2, -0.15) is 0 Å². The minimum absolute atomic E-state index is 0.0703. The highest BCUT2D eigenvalue weighted by Gasteiger charge is 2.21. The highest BCUT2D eigenvalue weighted by molar-refractivity contribution is 9.10. The molecule has 108 valence electrons. The Morgan fingerprint density at radius 2 is 2.15 bits per heavy atom. The predicted molar refractivity (Wildman–Crippen MR) is 77.6 cm³/mol. The van der Waals surface area contributed by atoms with Crippen LogP contribution in [-0.2, 0) is 0 Å². The summed E-state index contributed by atoms with van der Waals surface area (Å²) in [5.74, 6) is -0.886. The van der Waals surface area contributed by atoms with Crippen molar-refractivity contribution in [3.05, 3.63) is 40.1 Å². The molecule has 1 aromatic rings. The lowest BCUT2D eigenvalue weighted by molar-refractivity contribution is 0.0695. The number of carboxylic acid groups (broad SMARTS) is 1. The molecule has 20 heavy (non-hydrogen) atoms. The van der Waals surface area contributed by atoms with Crippen molar-refractivity contribution < 1.29 is 19.0 Å². The molecule has 1 aliphatic carbocycles. The van der Waals surface area contributed by atoms with Crippen molar-refractivity contribution in [2.45, 2.75) is 19.8 Å². The second kappa shape index (κ2) is 6.39. The Balaban J connectivity index is 2.08. The topological polar surface area (TPSA) is 46.5 Å². The molecule has 0 heterocycles. The molecule has 2 unspecified atom stereocenters. The summed E-state index contributed by atoms with van der Waals surface area (Å²) in [7, 11) is 0. The number of halogens is 2. The highest BCUT2D eigenvalue weighted by Crippen LogP contribution is 2.31. The average Bonchev–Trinajstić information content (AvgIpc) is 2.41. The van der Waals surface area contributed by atoms with Gasteiger partial charge in [0.1, 0.15) is 0 Å². The van der Waals surface area contributed by atoms with Crippen molar-refractivity contribution in [3.63, 3.8) is 0 Å². The number of benzene rings is 1. The first kappa shape index (κ1) is 15.0. The van der Waals surface area contributed by atoms with Crippen LogP contribution < -0.4 is 4.74 Å². The van der Waals surface area contributed by atoms with Crippen LogP contribution in [0.5, 0.6) is 5.75 Å². The third-order valence-electron chi connectivity index (χ3n) is 3.65. The first-order valence-electron chi connectivity index (χ1n) is 6.49. The molecule has 1 aromatic carbocycles. The molecule has 0 aromatic heterocycles. The Morgan fingerprint density at radius 1 is 1.45 bits per heavy atom. The molecular formula is C15H16BrFO3. The van der Waals surface area contributed by atoms with Gasteiger partial charge in [-0.1, -0.05) is 19.1 Å². The van der Waals surface area contributed by atoms with E-state index in [2.05, 4.69) is 35.0 Å². The molecule has 0 aliphatic heterocycles. The van der Waals surface area contributed by atoms with E-state index in [0.29, 0.717) is 18.4 Å². The van der Waals surface area contributed by atoms with E-state index in [9.17, 15) is 9.18 Å². The lowest BCUT2D eigenvalue weighted by Crippen LogP contribution is -2.21. The number of hydrogen-bond donors (Lipinski definition) is 1. The fourth-order valence-corrected chi connectivity index (χ4v) is 2.74. The number of ether oxygens (including phenoxy) is 1. The van der Waals surface area contributed by atoms with Crippen LogP contribution in [0.1, 0.15) is 30.1 Å². The smallest absolute Gasteiger partial charge is 0.336 e. The van der Waals surface area contributed by atoms with Crippen LogP contribution in [0.25, 0.3) is 0 Å². The SMILES string of the molecule is CC1CC=CCC1COc1ccc(C(=O)O)c(Br)c1F. The maximum absolute atomic E-state index is 14.0. The second-order valence-electron chi connectivity index (χ2n) is 5.04. The zero-order chi connectivity index (χ0) is 14.7. The number of rotatable bonds is 4. The molecule has 2 atom stereocenters. The molecule has 0 bridgehead atoms. The van der Waals surface area contributed by atoms with E-state index >= 15 is 0 Å². The number of carbonyl (C=O) groups is 1. The monoisotopic (exact) mass is 342 g/mol. The van der Waals surface area contributed by atoms with Crippen molar-refractivity contribution >= 4 is 21.9 Å². The summed E-state index contributed by atoms with van der Waals surface area (Å²) >= 11 is 2.96. The third-order valence-corrected chi connectivity index (χ3v) is 4.42. The van der Waals surface area contributed by atoms with E-state index in [-0.39, 0.29) is 15.8 Å². The molecule has 1 N–H and O–H groups in total. The quantitative estimate of drug-likeness (QED) is 0.831. The molecule has 0 saturated heterocycles. The van der Waals surface area contributed by atoms with Gasteiger partial charge in [0.15, 0.2) is 11.6 Å². The van der Waals surface area contributed by atoms with Gasteiger partial charge in [-0.15, -0.1) is 0 Å². The highest BCUT2D eigenvalue weighted by atomic mass is 79.9. The van der Waals surface area contributed by atoms with Gasteiger partial charge in [0.05, 0.1) is 16.6 Å². The zero-order valence-corrected chi connectivity index (χ0v) is 12.7. The van der Waals surface area contributed by atoms with Gasteiger partial charge in [-0.05, 0) is 52.7 Å². The lowest BCUT2D eigenvalue weighted by atomic mass is 9.85. The van der Waals surface area contributed by atoms with E-state index in [1.54, 1.807) is 0 Å². The van der Waals surface area contributed by atoms with Crippen LogP contribution >= 0.6 is 15.9 Å². The Hall–Kier alpha value is -1.36. The molecule has 0 spiro atoms. The molecule has 0 saturated carbocycles. The van der Waals surface area contributed by atoms with Crippen LogP contribution in [0, 0.1) is 17.7 Å². The third kappa shape index (κ3) is 3.20. The van der Waals surface area contributed by atoms with Crippen LogP contribution in [0.4, 0.5) is 4.39 Å². The first-order chi connectivity index (χ1) is 9.50. The van der Waals surface area contributed by atoms with Crippen molar-refractivity contribution in [2.24, 2.45) is 11.8 Å². The summed E-state index contributed by atoms with van der Waals surface area (Å²) in [6.07, 6.45) is 6.21. The maximum atomic E-state index is 14.0. The van der Waals surface area contributed by atoms with Crippen LogP contribution in [0.3, 0.4) is 0 Å². The van der Waals surface area contributed by atoms with E-state index in [4.69, 9.17) is 9.84 Å². The van der Waals surface area contributed by atoms with E-state index in [1.165, 1.54) is 12.1 Å². The normalized spacial score (nSPS) is 21.8. The number of aromatic carboxylic acids is 1. The van der Waals surface area contributed by atoms with E-state index in [1.807, 2.05) is 0 Å². The summed E-state index contributed by atoms with van der Waals surface area (Å²) in [5, 5.41) is 8.90. The van der Waals surface area contributed by atoms with Gasteiger partial charge in [-0.3, -0.25) is 0 Å². The summed E-state index contributed by atoms with van der Waals surface area (Å²) in [5.41, 5.74) is -0.108. The molecule has 2 rings (SSSR count). The van der Waals surface area contributed by atoms with Gasteiger partial charge in [0.25, 0.3) is 0 Å². The molecule has 1 aliphatic rings. The Kier molecular flexibility index (Phi) is 4.81. The van der Waals surface area contributed by atoms with Gasteiger partial charge in [0.2, 0.25) is 0 Å². The Bertz CT molecular complexity index is 542. The summed E-state index contributed by atoms with van der Waals surface area (Å²) in [6.45, 7) is 2.58. The van der Waals surface area contributed by atoms with Crippen molar-refractivity contribution in [3.8, 4) is 5.75 Å². The standard InChI is InChI=1S/C15H16BrFO3/c1-9-4-2-3-5-10(9)8-20-12-7-6-11(15(18)19)13(16)14(12)17/h2-3,6-7,9-10H,4-5,8H2,1H3,(H,18,19). The van der Waals surface area contributed by atoms with Crippen LogP contribution in [-0.4, -0.2) is 17.7 Å². The predicted octanol–water partition coefficient (Wildman–Crippen LogP) is 4.27. The summed E-state index contributed by atoms with van der Waals surface area (Å²) in [6, 6.07) is 2.71. The first-order valence-corrected chi connectivity index (χ1v) is 7.29. The largest absolute Gasteiger partial charge is 0.490 e. The molecule has 5 heteroatoms. The van der Waals surface area contributed by atoms with Gasteiger partial charge < -0.3 is 9.84 Å². The fraction of sp³-hybridized carbons (Fsp3) is 0.400. The van der Waals surface area contributed by atoms with Crippen molar-refractivity contribution in [1.29, 1.82) is 0 Å². The van der Waals surface area contributed by atoms with E-state index < -0.39 is 11.8 Å². The fourth-order valence-electron chi connectivity index (χ4n) is 2.24. The van der Waals surface area contributed by atoms with Gasteiger partial charge in [-0.25, -0.2) is 9.18 Å². The molecule has 0 amide bonds. The van der Waals surface area contributed by atoms with Gasteiger partial charge in [0, 0.05) is 0 Å². The number of carboxylic acids is 1. The number of hydrogen-bond acceptors (Lipinski definition) is 2. The molecule has 3 nitrogen and oxygen atoms in total. The van der Waals surface area contributed by atoms with E-state index in [0.717, 1.165) is 12.8 Å². The van der Waals surface area contributed by atoms with Crippen LogP contribution in [0.15, 0.2) is 28.8 Å². The lowest BCUT2D eigenvalue weighted by Gasteiger charge is -2.25.